The van der Waals surface area contributed by atoms with E-state index in [2.05, 4.69) is 5.32 Å². The number of hydrogen-bond acceptors (Lipinski definition) is 2. The molecule has 1 atom stereocenters. The molecule has 4 heteroatoms. The molecule has 0 aliphatic rings. The summed E-state index contributed by atoms with van der Waals surface area (Å²) in [5.41, 5.74) is 0.646. The molecule has 1 amide bonds. The van der Waals surface area contributed by atoms with Gasteiger partial charge in [-0.3, -0.25) is 4.79 Å². The predicted octanol–water partition coefficient (Wildman–Crippen LogP) is 2.97. The summed E-state index contributed by atoms with van der Waals surface area (Å²) >= 11 is 1.45. The highest BCUT2D eigenvalue weighted by molar-refractivity contribution is 7.99. The molecule has 0 saturated heterocycles. The zero-order valence-corrected chi connectivity index (χ0v) is 11.0. The molecule has 17 heavy (non-hydrogen) atoms. The van der Waals surface area contributed by atoms with E-state index < -0.39 is 0 Å². The highest BCUT2D eigenvalue weighted by Gasteiger charge is 2.13. The summed E-state index contributed by atoms with van der Waals surface area (Å²) in [7, 11) is 0. The van der Waals surface area contributed by atoms with Gasteiger partial charge in [0.05, 0.1) is 5.25 Å². The lowest BCUT2D eigenvalue weighted by Gasteiger charge is -2.11. The van der Waals surface area contributed by atoms with E-state index in [9.17, 15) is 9.18 Å². The summed E-state index contributed by atoms with van der Waals surface area (Å²) < 4.78 is 13.3. The zero-order valence-electron chi connectivity index (χ0n) is 10.2. The molecule has 0 aliphatic heterocycles. The van der Waals surface area contributed by atoms with Crippen molar-refractivity contribution in [2.24, 2.45) is 0 Å². The molecule has 0 bridgehead atoms. The molecule has 2 nitrogen and oxygen atoms in total. The molecule has 0 radical (unpaired) electrons. The predicted molar refractivity (Wildman–Crippen MR) is 70.5 cm³/mol. The van der Waals surface area contributed by atoms with Gasteiger partial charge >= 0.3 is 0 Å². The van der Waals surface area contributed by atoms with E-state index in [0.29, 0.717) is 17.9 Å². The Hall–Kier alpha value is -1.03. The molecule has 94 valence electrons. The van der Waals surface area contributed by atoms with Crippen LogP contribution in [0.2, 0.25) is 0 Å². The summed E-state index contributed by atoms with van der Waals surface area (Å²) in [5.74, 6) is 0.335. The number of benzene rings is 1. The number of thioether (sulfide) groups is 1. The largest absolute Gasteiger partial charge is 0.355 e. The Kier molecular flexibility index (Phi) is 6.05. The van der Waals surface area contributed by atoms with E-state index >= 15 is 0 Å². The number of rotatable bonds is 6. The summed E-state index contributed by atoms with van der Waals surface area (Å²) in [6.07, 6.45) is 0.927. The van der Waals surface area contributed by atoms with Crippen molar-refractivity contribution in [2.75, 3.05) is 6.54 Å². The van der Waals surface area contributed by atoms with Crippen molar-refractivity contribution in [1.82, 2.24) is 5.32 Å². The van der Waals surface area contributed by atoms with Crippen molar-refractivity contribution in [2.45, 2.75) is 31.3 Å². The van der Waals surface area contributed by atoms with Gasteiger partial charge in [0.2, 0.25) is 5.91 Å². The lowest BCUT2D eigenvalue weighted by Crippen LogP contribution is -2.31. The fourth-order valence-electron chi connectivity index (χ4n) is 1.30. The van der Waals surface area contributed by atoms with Crippen molar-refractivity contribution in [1.29, 1.82) is 0 Å². The lowest BCUT2D eigenvalue weighted by molar-refractivity contribution is -0.120. The Morgan fingerprint density at radius 1 is 1.47 bits per heavy atom. The maximum absolute atomic E-state index is 13.3. The van der Waals surface area contributed by atoms with Gasteiger partial charge in [-0.05, 0) is 25.0 Å². The summed E-state index contributed by atoms with van der Waals surface area (Å²) in [6, 6.07) is 6.67. The highest BCUT2D eigenvalue weighted by atomic mass is 32.2. The second-order valence-electron chi connectivity index (χ2n) is 3.84. The molecule has 0 aliphatic carbocycles. The van der Waals surface area contributed by atoms with Gasteiger partial charge in [0.1, 0.15) is 5.82 Å². The quantitative estimate of drug-likeness (QED) is 0.846. The van der Waals surface area contributed by atoms with Crippen molar-refractivity contribution in [3.05, 3.63) is 35.6 Å². The molecule has 1 N–H and O–H groups in total. The lowest BCUT2D eigenvalue weighted by atomic mass is 10.2. The molecule has 0 heterocycles. The van der Waals surface area contributed by atoms with Crippen LogP contribution in [0, 0.1) is 5.82 Å². The smallest absolute Gasteiger partial charge is 0.232 e. The van der Waals surface area contributed by atoms with Crippen LogP contribution in [0.5, 0.6) is 0 Å². The fraction of sp³-hybridized carbons (Fsp3) is 0.462. The van der Waals surface area contributed by atoms with Crippen LogP contribution >= 0.6 is 11.8 Å². The topological polar surface area (TPSA) is 29.1 Å². The van der Waals surface area contributed by atoms with Gasteiger partial charge < -0.3 is 5.32 Å². The second kappa shape index (κ2) is 7.33. The van der Waals surface area contributed by atoms with E-state index in [1.807, 2.05) is 13.8 Å². The highest BCUT2D eigenvalue weighted by Crippen LogP contribution is 2.19. The average molecular weight is 255 g/mol. The van der Waals surface area contributed by atoms with Crippen LogP contribution in [0.4, 0.5) is 4.39 Å². The number of amides is 1. The van der Waals surface area contributed by atoms with Gasteiger partial charge in [-0.25, -0.2) is 4.39 Å². The molecule has 1 rings (SSSR count). The molecule has 0 saturated carbocycles. The first-order chi connectivity index (χ1) is 8.15. The zero-order chi connectivity index (χ0) is 12.7. The number of carbonyl (C=O) groups excluding carboxylic acids is 1. The minimum atomic E-state index is -0.207. The van der Waals surface area contributed by atoms with Crippen LogP contribution in [0.3, 0.4) is 0 Å². The Morgan fingerprint density at radius 2 is 2.18 bits per heavy atom. The van der Waals surface area contributed by atoms with E-state index in [1.54, 1.807) is 18.2 Å². The standard InChI is InChI=1S/C13H18FNOS/c1-3-8-15-13(16)10(2)17-9-11-6-4-5-7-12(11)14/h4-7,10H,3,8-9H2,1-2H3,(H,15,16). The number of halogens is 1. The molecular weight excluding hydrogens is 237 g/mol. The van der Waals surface area contributed by atoms with E-state index in [4.69, 9.17) is 0 Å². The first kappa shape index (κ1) is 14.0. The summed E-state index contributed by atoms with van der Waals surface area (Å²) in [6.45, 7) is 4.55. The molecule has 0 spiro atoms. The monoisotopic (exact) mass is 255 g/mol. The molecule has 1 unspecified atom stereocenters. The third-order valence-electron chi connectivity index (χ3n) is 2.37. The van der Waals surface area contributed by atoms with Crippen LogP contribution in [0.15, 0.2) is 24.3 Å². The van der Waals surface area contributed by atoms with Gasteiger partial charge in [0.15, 0.2) is 0 Å². The van der Waals surface area contributed by atoms with Crippen LogP contribution in [0.1, 0.15) is 25.8 Å². The van der Waals surface area contributed by atoms with Crippen LogP contribution < -0.4 is 5.32 Å². The molecule has 0 fully saturated rings. The van der Waals surface area contributed by atoms with E-state index in [1.165, 1.54) is 17.8 Å². The first-order valence-corrected chi connectivity index (χ1v) is 6.82. The van der Waals surface area contributed by atoms with Crippen LogP contribution in [0.25, 0.3) is 0 Å². The van der Waals surface area contributed by atoms with Gasteiger partial charge in [-0.1, -0.05) is 25.1 Å². The Bertz CT molecular complexity index is 370. The third kappa shape index (κ3) is 4.77. The van der Waals surface area contributed by atoms with Gasteiger partial charge in [0.25, 0.3) is 0 Å². The van der Waals surface area contributed by atoms with Crippen molar-refractivity contribution in [3.63, 3.8) is 0 Å². The first-order valence-electron chi connectivity index (χ1n) is 5.78. The average Bonchev–Trinajstić information content (AvgIpc) is 2.34. The van der Waals surface area contributed by atoms with Gasteiger partial charge in [0, 0.05) is 12.3 Å². The molecular formula is C13H18FNOS. The Labute approximate surface area is 106 Å². The van der Waals surface area contributed by atoms with E-state index in [0.717, 1.165) is 6.42 Å². The number of hydrogen-bond donors (Lipinski definition) is 1. The normalized spacial score (nSPS) is 12.2. The van der Waals surface area contributed by atoms with Gasteiger partial charge in [-0.2, -0.15) is 0 Å². The van der Waals surface area contributed by atoms with Crippen molar-refractivity contribution < 1.29 is 9.18 Å². The Balaban J connectivity index is 2.40. The number of nitrogens with one attached hydrogen (secondary N) is 1. The molecule has 1 aromatic rings. The Morgan fingerprint density at radius 3 is 2.82 bits per heavy atom. The molecule has 0 aromatic heterocycles. The van der Waals surface area contributed by atoms with E-state index in [-0.39, 0.29) is 17.0 Å². The molecule has 1 aromatic carbocycles. The third-order valence-corrected chi connectivity index (χ3v) is 3.56. The van der Waals surface area contributed by atoms with Gasteiger partial charge in [-0.15, -0.1) is 11.8 Å². The van der Waals surface area contributed by atoms with Crippen LogP contribution in [-0.2, 0) is 10.5 Å². The SMILES string of the molecule is CCCNC(=O)C(C)SCc1ccccc1F. The summed E-state index contributed by atoms with van der Waals surface area (Å²) in [5, 5.41) is 2.68. The van der Waals surface area contributed by atoms with Crippen LogP contribution in [-0.4, -0.2) is 17.7 Å². The number of carbonyl (C=O) groups is 1. The fourth-order valence-corrected chi connectivity index (χ4v) is 2.20. The minimum absolute atomic E-state index is 0.0215. The van der Waals surface area contributed by atoms with Crippen molar-refractivity contribution in [3.8, 4) is 0 Å². The summed E-state index contributed by atoms with van der Waals surface area (Å²) in [4.78, 5) is 11.6. The maximum atomic E-state index is 13.3. The minimum Gasteiger partial charge on any atom is -0.355 e. The second-order valence-corrected chi connectivity index (χ2v) is 5.16. The van der Waals surface area contributed by atoms with Crippen molar-refractivity contribution >= 4 is 17.7 Å². The maximum Gasteiger partial charge on any atom is 0.232 e.